The number of hydrogen-bond acceptors (Lipinski definition) is 6. The van der Waals surface area contributed by atoms with Crippen LogP contribution in [0.15, 0.2) is 36.7 Å². The average Bonchev–Trinajstić information content (AvgIpc) is 3.01. The van der Waals surface area contributed by atoms with Gasteiger partial charge in [-0.05, 0) is 24.9 Å². The average molecular weight is 345 g/mol. The third-order valence-corrected chi connectivity index (χ3v) is 3.77. The summed E-state index contributed by atoms with van der Waals surface area (Å²) in [4.78, 5) is 16.3. The highest BCUT2D eigenvalue weighted by molar-refractivity contribution is 6.43. The van der Waals surface area contributed by atoms with Crippen LogP contribution in [0.1, 0.15) is 30.7 Å². The van der Waals surface area contributed by atoms with Crippen molar-refractivity contribution in [1.29, 1.82) is 0 Å². The van der Waals surface area contributed by atoms with Gasteiger partial charge in [0, 0.05) is 6.42 Å². The molecular formula is C16H24BN5O3. The van der Waals surface area contributed by atoms with Gasteiger partial charge in [-0.3, -0.25) is 4.79 Å². The van der Waals surface area contributed by atoms with Crippen molar-refractivity contribution in [1.82, 2.24) is 20.1 Å². The first kappa shape index (κ1) is 19.1. The number of rotatable bonds is 10. The van der Waals surface area contributed by atoms with Crippen LogP contribution in [0.4, 0.5) is 0 Å². The molecule has 2 rings (SSSR count). The summed E-state index contributed by atoms with van der Waals surface area (Å²) < 4.78 is 1.44. The van der Waals surface area contributed by atoms with Gasteiger partial charge in [-0.1, -0.05) is 36.8 Å². The number of amides is 1. The number of nitrogens with one attached hydrogen (secondary N) is 1. The summed E-state index contributed by atoms with van der Waals surface area (Å²) in [7, 11) is -1.61. The second-order valence-electron chi connectivity index (χ2n) is 5.89. The maximum Gasteiger partial charge on any atom is 0.475 e. The molecule has 25 heavy (non-hydrogen) atoms. The highest BCUT2D eigenvalue weighted by atomic mass is 16.4. The molecule has 0 saturated carbocycles. The van der Waals surface area contributed by atoms with Crippen molar-refractivity contribution in [3.05, 3.63) is 48.0 Å². The summed E-state index contributed by atoms with van der Waals surface area (Å²) in [5, 5.41) is 25.6. The normalized spacial score (nSPS) is 12.0. The minimum Gasteiger partial charge on any atom is -0.426 e. The van der Waals surface area contributed by atoms with E-state index in [1.54, 1.807) is 0 Å². The van der Waals surface area contributed by atoms with Crippen LogP contribution in [0.5, 0.6) is 0 Å². The van der Waals surface area contributed by atoms with E-state index < -0.39 is 13.1 Å². The van der Waals surface area contributed by atoms with Crippen LogP contribution in [0.25, 0.3) is 0 Å². The third kappa shape index (κ3) is 6.65. The predicted molar refractivity (Wildman–Crippen MR) is 94.3 cm³/mol. The number of nitrogens with zero attached hydrogens (tertiary/aromatic N) is 3. The molecule has 2 aromatic rings. The van der Waals surface area contributed by atoms with E-state index in [1.807, 2.05) is 30.3 Å². The monoisotopic (exact) mass is 345 g/mol. The fourth-order valence-electron chi connectivity index (χ4n) is 2.47. The molecule has 1 aromatic carbocycles. The van der Waals surface area contributed by atoms with Crippen molar-refractivity contribution < 1.29 is 14.8 Å². The smallest absolute Gasteiger partial charge is 0.426 e. The molecule has 1 atom stereocenters. The van der Waals surface area contributed by atoms with Gasteiger partial charge in [0.2, 0.25) is 5.91 Å². The van der Waals surface area contributed by atoms with Crippen molar-refractivity contribution in [3.8, 4) is 0 Å². The van der Waals surface area contributed by atoms with E-state index in [1.165, 1.54) is 11.0 Å². The predicted octanol–water partition coefficient (Wildman–Crippen LogP) is -0.505. The van der Waals surface area contributed by atoms with Crippen molar-refractivity contribution in [2.24, 2.45) is 5.73 Å². The SMILES string of the molecule is NCCCCC(NC(=O)Cn1cnc(Cc2ccccc2)n1)B(O)O. The Labute approximate surface area is 147 Å². The zero-order valence-corrected chi connectivity index (χ0v) is 14.1. The van der Waals surface area contributed by atoms with Gasteiger partial charge in [-0.2, -0.15) is 5.10 Å². The quantitative estimate of drug-likeness (QED) is 0.340. The second kappa shape index (κ2) is 9.92. The van der Waals surface area contributed by atoms with E-state index >= 15 is 0 Å². The molecule has 8 nitrogen and oxygen atoms in total. The lowest BCUT2D eigenvalue weighted by molar-refractivity contribution is -0.122. The molecule has 1 aromatic heterocycles. The maximum absolute atomic E-state index is 12.1. The fraction of sp³-hybridized carbons (Fsp3) is 0.438. The van der Waals surface area contributed by atoms with E-state index in [-0.39, 0.29) is 12.5 Å². The van der Waals surface area contributed by atoms with Crippen LogP contribution in [-0.4, -0.2) is 50.3 Å². The summed E-state index contributed by atoms with van der Waals surface area (Å²) in [6, 6.07) is 9.82. The molecule has 1 amide bonds. The number of carbonyl (C=O) groups excluding carboxylic acids is 1. The Morgan fingerprint density at radius 2 is 2.04 bits per heavy atom. The Morgan fingerprint density at radius 1 is 1.28 bits per heavy atom. The molecule has 1 unspecified atom stereocenters. The molecule has 134 valence electrons. The topological polar surface area (TPSA) is 126 Å². The van der Waals surface area contributed by atoms with Crippen molar-refractivity contribution >= 4 is 13.0 Å². The largest absolute Gasteiger partial charge is 0.475 e. The van der Waals surface area contributed by atoms with Crippen molar-refractivity contribution in [3.63, 3.8) is 0 Å². The summed E-state index contributed by atoms with van der Waals surface area (Å²) >= 11 is 0. The number of nitrogens with two attached hydrogens (primary N) is 1. The Kier molecular flexibility index (Phi) is 7.58. The number of unbranched alkanes of at least 4 members (excludes halogenated alkanes) is 1. The minimum atomic E-state index is -1.61. The van der Waals surface area contributed by atoms with Crippen LogP contribution < -0.4 is 11.1 Å². The molecule has 1 heterocycles. The van der Waals surface area contributed by atoms with E-state index in [0.717, 1.165) is 12.0 Å². The van der Waals surface area contributed by atoms with Crippen molar-refractivity contribution in [2.75, 3.05) is 6.54 Å². The van der Waals surface area contributed by atoms with Gasteiger partial charge < -0.3 is 21.1 Å². The van der Waals surface area contributed by atoms with Gasteiger partial charge in [0.15, 0.2) is 5.82 Å². The number of hydrogen-bond donors (Lipinski definition) is 4. The number of carbonyl (C=O) groups is 1. The first-order valence-electron chi connectivity index (χ1n) is 8.36. The van der Waals surface area contributed by atoms with Gasteiger partial charge in [0.05, 0.1) is 5.94 Å². The maximum atomic E-state index is 12.1. The minimum absolute atomic E-state index is 0.0259. The number of benzene rings is 1. The lowest BCUT2D eigenvalue weighted by atomic mass is 9.76. The van der Waals surface area contributed by atoms with E-state index in [4.69, 9.17) is 5.73 Å². The first-order valence-corrected chi connectivity index (χ1v) is 8.36. The summed E-state index contributed by atoms with van der Waals surface area (Å²) in [5.74, 6) is -0.436. The molecule has 9 heteroatoms. The molecule has 5 N–H and O–H groups in total. The van der Waals surface area contributed by atoms with Crippen LogP contribution in [-0.2, 0) is 17.8 Å². The lowest BCUT2D eigenvalue weighted by Gasteiger charge is -2.17. The van der Waals surface area contributed by atoms with Crippen LogP contribution >= 0.6 is 0 Å². The highest BCUT2D eigenvalue weighted by Gasteiger charge is 2.24. The van der Waals surface area contributed by atoms with E-state index in [2.05, 4.69) is 15.4 Å². The Hall–Kier alpha value is -2.23. The standard InChI is InChI=1S/C16H24BN5O3/c18-9-5-4-8-14(17(24)25)20-16(23)11-22-12-19-15(21-22)10-13-6-2-1-3-7-13/h1-3,6-7,12,14,24-25H,4-5,8-11,18H2,(H,20,23). The molecule has 0 radical (unpaired) electrons. The van der Waals surface area contributed by atoms with Gasteiger partial charge >= 0.3 is 7.12 Å². The lowest BCUT2D eigenvalue weighted by Crippen LogP contribution is -2.47. The fourth-order valence-corrected chi connectivity index (χ4v) is 2.47. The Bertz CT molecular complexity index is 650. The Morgan fingerprint density at radius 3 is 2.72 bits per heavy atom. The molecule has 0 bridgehead atoms. The molecule has 0 fully saturated rings. The van der Waals surface area contributed by atoms with Crippen LogP contribution in [0, 0.1) is 0 Å². The molecule has 0 aliphatic rings. The molecule has 0 saturated heterocycles. The summed E-state index contributed by atoms with van der Waals surface area (Å²) in [5.41, 5.74) is 6.51. The molecule has 0 spiro atoms. The third-order valence-electron chi connectivity index (χ3n) is 3.77. The van der Waals surface area contributed by atoms with Gasteiger partial charge in [-0.25, -0.2) is 9.67 Å². The summed E-state index contributed by atoms with van der Waals surface area (Å²) in [6.45, 7) is 0.507. The molecule has 0 aliphatic carbocycles. The van der Waals surface area contributed by atoms with Crippen LogP contribution in [0.3, 0.4) is 0 Å². The number of aromatic nitrogens is 3. The van der Waals surface area contributed by atoms with Gasteiger partial charge in [-0.15, -0.1) is 0 Å². The van der Waals surface area contributed by atoms with Gasteiger partial charge in [0.25, 0.3) is 0 Å². The summed E-state index contributed by atoms with van der Waals surface area (Å²) in [6.07, 6.45) is 4.02. The van der Waals surface area contributed by atoms with Crippen molar-refractivity contribution in [2.45, 2.75) is 38.2 Å². The molecular weight excluding hydrogens is 321 g/mol. The van der Waals surface area contributed by atoms with Gasteiger partial charge in [0.1, 0.15) is 12.9 Å². The molecule has 0 aliphatic heterocycles. The van der Waals surface area contributed by atoms with E-state index in [9.17, 15) is 14.8 Å². The first-order chi connectivity index (χ1) is 12.1. The highest BCUT2D eigenvalue weighted by Crippen LogP contribution is 2.05. The van der Waals surface area contributed by atoms with Crippen LogP contribution in [0.2, 0.25) is 0 Å². The van der Waals surface area contributed by atoms with E-state index in [0.29, 0.717) is 31.6 Å². The zero-order valence-electron chi connectivity index (χ0n) is 14.1. The second-order valence-corrected chi connectivity index (χ2v) is 5.89. The Balaban J connectivity index is 1.85. The zero-order chi connectivity index (χ0) is 18.1.